The molecule has 2 aromatic heterocycles. The average molecular weight is 535 g/mol. The first-order chi connectivity index (χ1) is 16.5. The van der Waals surface area contributed by atoms with Crippen molar-refractivity contribution in [1.82, 2.24) is 4.57 Å². The molecular formula is C26H19BrN2O4S. The fourth-order valence-corrected chi connectivity index (χ4v) is 5.26. The molecule has 0 saturated heterocycles. The number of allylic oxidation sites excluding steroid dienone is 1. The van der Waals surface area contributed by atoms with Crippen molar-refractivity contribution < 1.29 is 13.9 Å². The lowest BCUT2D eigenvalue weighted by molar-refractivity contribution is -0.136. The molecule has 0 N–H and O–H groups in total. The number of carbonyl (C=O) groups is 1. The molecule has 0 radical (unpaired) electrons. The molecular weight excluding hydrogens is 516 g/mol. The second-order valence-corrected chi connectivity index (χ2v) is 9.62. The summed E-state index contributed by atoms with van der Waals surface area (Å²) in [6.07, 6.45) is 1.71. The summed E-state index contributed by atoms with van der Waals surface area (Å²) in [5.74, 6) is 0.760. The van der Waals surface area contributed by atoms with Gasteiger partial charge in [-0.2, -0.15) is 0 Å². The molecule has 0 saturated carbocycles. The normalized spacial score (nSPS) is 15.7. The van der Waals surface area contributed by atoms with Gasteiger partial charge in [-0.3, -0.25) is 9.36 Å². The maximum absolute atomic E-state index is 13.5. The monoisotopic (exact) mass is 534 g/mol. The predicted octanol–water partition coefficient (Wildman–Crippen LogP) is 4.43. The summed E-state index contributed by atoms with van der Waals surface area (Å²) in [4.78, 5) is 31.3. The molecule has 2 aromatic carbocycles. The zero-order valence-electron chi connectivity index (χ0n) is 18.3. The highest BCUT2D eigenvalue weighted by Crippen LogP contribution is 2.30. The number of carbonyl (C=O) groups excluding carboxylic acids is 1. The van der Waals surface area contributed by atoms with Crippen LogP contribution in [0.4, 0.5) is 0 Å². The Hall–Kier alpha value is -3.49. The molecule has 0 spiro atoms. The third kappa shape index (κ3) is 3.99. The number of methoxy groups -OCH3 is 1. The van der Waals surface area contributed by atoms with Gasteiger partial charge in [0.25, 0.3) is 5.56 Å². The van der Waals surface area contributed by atoms with Crippen molar-refractivity contribution in [3.05, 3.63) is 113 Å². The summed E-state index contributed by atoms with van der Waals surface area (Å²) in [5, 5.41) is 0. The zero-order chi connectivity index (χ0) is 23.8. The number of hydrogen-bond donors (Lipinski definition) is 0. The van der Waals surface area contributed by atoms with Gasteiger partial charge in [0.15, 0.2) is 4.80 Å². The van der Waals surface area contributed by atoms with Crippen LogP contribution in [0.5, 0.6) is 0 Å². The average Bonchev–Trinajstić information content (AvgIpc) is 3.43. The SMILES string of the molecule is COC(=O)C1=C(C)N=c2sc(=Cc3ccc(-c4ccc(Br)cc4)o3)c(=O)n2[C@@H]1c1ccccc1. The molecule has 4 aromatic rings. The number of hydrogen-bond acceptors (Lipinski definition) is 6. The Morgan fingerprint density at radius 3 is 2.56 bits per heavy atom. The van der Waals surface area contributed by atoms with Crippen molar-refractivity contribution in [3.8, 4) is 11.3 Å². The van der Waals surface area contributed by atoms with Gasteiger partial charge < -0.3 is 9.15 Å². The van der Waals surface area contributed by atoms with Gasteiger partial charge in [0.1, 0.15) is 11.5 Å². The molecule has 0 amide bonds. The van der Waals surface area contributed by atoms with Crippen molar-refractivity contribution >= 4 is 39.3 Å². The van der Waals surface area contributed by atoms with E-state index in [1.54, 1.807) is 17.6 Å². The van der Waals surface area contributed by atoms with Crippen LogP contribution >= 0.6 is 27.3 Å². The number of nitrogens with zero attached hydrogens (tertiary/aromatic N) is 2. The van der Waals surface area contributed by atoms with E-state index in [0.717, 1.165) is 15.6 Å². The van der Waals surface area contributed by atoms with E-state index in [0.29, 0.717) is 32.1 Å². The molecule has 1 aliphatic heterocycles. The van der Waals surface area contributed by atoms with Crippen LogP contribution in [0.25, 0.3) is 17.4 Å². The number of halogens is 1. The highest BCUT2D eigenvalue weighted by molar-refractivity contribution is 9.10. The van der Waals surface area contributed by atoms with Gasteiger partial charge in [-0.1, -0.05) is 69.7 Å². The Balaban J connectivity index is 1.63. The Bertz CT molecular complexity index is 1590. The van der Waals surface area contributed by atoms with E-state index in [1.807, 2.05) is 66.7 Å². The van der Waals surface area contributed by atoms with Gasteiger partial charge in [0, 0.05) is 16.1 Å². The number of fused-ring (bicyclic) bond motifs is 1. The topological polar surface area (TPSA) is 73.8 Å². The molecule has 6 nitrogen and oxygen atoms in total. The summed E-state index contributed by atoms with van der Waals surface area (Å²) in [6, 6.07) is 20.3. The lowest BCUT2D eigenvalue weighted by atomic mass is 9.96. The van der Waals surface area contributed by atoms with Gasteiger partial charge >= 0.3 is 5.97 Å². The second kappa shape index (κ2) is 9.04. The molecule has 5 rings (SSSR count). The third-order valence-corrected chi connectivity index (χ3v) is 7.08. The molecule has 1 aliphatic rings. The van der Waals surface area contributed by atoms with Crippen LogP contribution in [0, 0.1) is 0 Å². The first kappa shape index (κ1) is 22.3. The molecule has 0 fully saturated rings. The second-order valence-electron chi connectivity index (χ2n) is 7.69. The van der Waals surface area contributed by atoms with Crippen LogP contribution in [0.3, 0.4) is 0 Å². The first-order valence-electron chi connectivity index (χ1n) is 10.5. The van der Waals surface area contributed by atoms with Crippen LogP contribution in [-0.4, -0.2) is 17.6 Å². The molecule has 0 unspecified atom stereocenters. The predicted molar refractivity (Wildman–Crippen MR) is 134 cm³/mol. The number of rotatable bonds is 4. The largest absolute Gasteiger partial charge is 0.466 e. The van der Waals surface area contributed by atoms with Gasteiger partial charge in [-0.25, -0.2) is 9.79 Å². The molecule has 170 valence electrons. The molecule has 1 atom stereocenters. The van der Waals surface area contributed by atoms with Crippen molar-refractivity contribution in [2.45, 2.75) is 13.0 Å². The van der Waals surface area contributed by atoms with Gasteiger partial charge in [0.05, 0.1) is 29.0 Å². The third-order valence-electron chi connectivity index (χ3n) is 5.57. The van der Waals surface area contributed by atoms with E-state index in [1.165, 1.54) is 18.4 Å². The van der Waals surface area contributed by atoms with Crippen LogP contribution in [0.15, 0.2) is 96.7 Å². The molecule has 0 aliphatic carbocycles. The Morgan fingerprint density at radius 2 is 1.85 bits per heavy atom. The lowest BCUT2D eigenvalue weighted by Gasteiger charge is -2.24. The summed E-state index contributed by atoms with van der Waals surface area (Å²) in [6.45, 7) is 1.76. The Kier molecular flexibility index (Phi) is 5.93. The van der Waals surface area contributed by atoms with Crippen LogP contribution in [0.1, 0.15) is 24.3 Å². The number of thiazole rings is 1. The van der Waals surface area contributed by atoms with E-state index in [-0.39, 0.29) is 5.56 Å². The van der Waals surface area contributed by atoms with Crippen molar-refractivity contribution in [2.75, 3.05) is 7.11 Å². The zero-order valence-corrected chi connectivity index (χ0v) is 20.7. The van der Waals surface area contributed by atoms with Gasteiger partial charge in [0.2, 0.25) is 0 Å². The maximum Gasteiger partial charge on any atom is 0.338 e. The highest BCUT2D eigenvalue weighted by atomic mass is 79.9. The fraction of sp³-hybridized carbons (Fsp3) is 0.115. The van der Waals surface area contributed by atoms with Crippen LogP contribution in [0.2, 0.25) is 0 Å². The lowest BCUT2D eigenvalue weighted by Crippen LogP contribution is -2.39. The number of ether oxygens (including phenoxy) is 1. The Labute approximate surface area is 207 Å². The molecule has 8 heteroatoms. The van der Waals surface area contributed by atoms with E-state index < -0.39 is 12.0 Å². The maximum atomic E-state index is 13.5. The van der Waals surface area contributed by atoms with Gasteiger partial charge in [-0.15, -0.1) is 0 Å². The fourth-order valence-electron chi connectivity index (χ4n) is 3.97. The summed E-state index contributed by atoms with van der Waals surface area (Å²) in [5.41, 5.74) is 2.38. The minimum absolute atomic E-state index is 0.243. The molecule has 0 bridgehead atoms. The van der Waals surface area contributed by atoms with Crippen LogP contribution < -0.4 is 14.9 Å². The number of benzene rings is 2. The molecule has 34 heavy (non-hydrogen) atoms. The quantitative estimate of drug-likeness (QED) is 0.363. The van der Waals surface area contributed by atoms with E-state index >= 15 is 0 Å². The van der Waals surface area contributed by atoms with E-state index in [4.69, 9.17) is 9.15 Å². The van der Waals surface area contributed by atoms with Crippen molar-refractivity contribution in [3.63, 3.8) is 0 Å². The molecule has 3 heterocycles. The van der Waals surface area contributed by atoms with Gasteiger partial charge in [-0.05, 0) is 36.8 Å². The van der Waals surface area contributed by atoms with Crippen molar-refractivity contribution in [1.29, 1.82) is 0 Å². The smallest absolute Gasteiger partial charge is 0.338 e. The summed E-state index contributed by atoms with van der Waals surface area (Å²) < 4.78 is 14.0. The first-order valence-corrected chi connectivity index (χ1v) is 12.1. The summed E-state index contributed by atoms with van der Waals surface area (Å²) in [7, 11) is 1.33. The minimum atomic E-state index is -0.623. The van der Waals surface area contributed by atoms with Crippen LogP contribution in [-0.2, 0) is 9.53 Å². The number of esters is 1. The number of aromatic nitrogens is 1. The number of furan rings is 1. The minimum Gasteiger partial charge on any atom is -0.466 e. The highest BCUT2D eigenvalue weighted by Gasteiger charge is 2.32. The van der Waals surface area contributed by atoms with E-state index in [2.05, 4.69) is 20.9 Å². The standard InChI is InChI=1S/C26H19BrN2O4S/c1-15-22(25(31)32-2)23(17-6-4-3-5-7-17)29-24(30)21(34-26(29)28-15)14-19-12-13-20(33-19)16-8-10-18(27)11-9-16/h3-14,23H,1-2H3/t23-/m1/s1. The summed E-state index contributed by atoms with van der Waals surface area (Å²) >= 11 is 4.70. The van der Waals surface area contributed by atoms with E-state index in [9.17, 15) is 9.59 Å². The van der Waals surface area contributed by atoms with Crippen molar-refractivity contribution in [2.24, 2.45) is 4.99 Å². The Morgan fingerprint density at radius 1 is 1.12 bits per heavy atom.